The van der Waals surface area contributed by atoms with Gasteiger partial charge in [0.2, 0.25) is 0 Å². The van der Waals surface area contributed by atoms with Crippen molar-refractivity contribution in [3.8, 4) is 5.75 Å². The third kappa shape index (κ3) is 3.56. The van der Waals surface area contributed by atoms with Crippen molar-refractivity contribution in [1.29, 1.82) is 0 Å². The molecule has 2 aromatic carbocycles. The van der Waals surface area contributed by atoms with Gasteiger partial charge in [-0.2, -0.15) is 0 Å². The summed E-state index contributed by atoms with van der Waals surface area (Å²) < 4.78 is 17.3. The normalized spacial score (nSPS) is 21.4. The first kappa shape index (κ1) is 14.4. The quantitative estimate of drug-likeness (QED) is 0.849. The smallest absolute Gasteiger partial charge is 0.184 e. The van der Waals surface area contributed by atoms with Crippen LogP contribution in [0.25, 0.3) is 0 Å². The Morgan fingerprint density at radius 3 is 2.67 bits per heavy atom. The Balaban J connectivity index is 1.55. The third-order valence-electron chi connectivity index (χ3n) is 3.41. The van der Waals surface area contributed by atoms with Crippen LogP contribution in [0, 0.1) is 6.92 Å². The summed E-state index contributed by atoms with van der Waals surface area (Å²) in [5, 5.41) is 0.705. The first-order chi connectivity index (χ1) is 10.2. The second-order valence-electron chi connectivity index (χ2n) is 5.05. The summed E-state index contributed by atoms with van der Waals surface area (Å²) in [6.45, 7) is 3.03. The van der Waals surface area contributed by atoms with Gasteiger partial charge in [-0.3, -0.25) is 0 Å². The first-order valence-corrected chi connectivity index (χ1v) is 7.31. The average Bonchev–Trinajstić information content (AvgIpc) is 2.96. The second-order valence-corrected chi connectivity index (χ2v) is 5.49. The van der Waals surface area contributed by atoms with E-state index >= 15 is 0 Å². The molecular weight excluding hydrogens is 288 g/mol. The number of hydrogen-bond acceptors (Lipinski definition) is 3. The average molecular weight is 305 g/mol. The number of hydrogen-bond donors (Lipinski definition) is 0. The summed E-state index contributed by atoms with van der Waals surface area (Å²) >= 11 is 5.88. The van der Waals surface area contributed by atoms with E-state index < -0.39 is 0 Å². The predicted octanol–water partition coefficient (Wildman–Crippen LogP) is 4.14. The van der Waals surface area contributed by atoms with Crippen LogP contribution in [0.5, 0.6) is 5.75 Å². The highest BCUT2D eigenvalue weighted by Crippen LogP contribution is 2.28. The van der Waals surface area contributed by atoms with Gasteiger partial charge in [0.1, 0.15) is 18.5 Å². The minimum absolute atomic E-state index is 0.0646. The minimum atomic E-state index is -0.340. The lowest BCUT2D eigenvalue weighted by atomic mass is 10.2. The van der Waals surface area contributed by atoms with Crippen molar-refractivity contribution < 1.29 is 14.2 Å². The third-order valence-corrected chi connectivity index (χ3v) is 3.66. The first-order valence-electron chi connectivity index (χ1n) is 6.93. The molecule has 1 saturated heterocycles. The van der Waals surface area contributed by atoms with Gasteiger partial charge in [-0.15, -0.1) is 0 Å². The molecule has 4 heteroatoms. The van der Waals surface area contributed by atoms with Crippen LogP contribution in [0.3, 0.4) is 0 Å². The van der Waals surface area contributed by atoms with Crippen LogP contribution >= 0.6 is 11.6 Å². The molecule has 0 bridgehead atoms. The number of rotatable bonds is 4. The van der Waals surface area contributed by atoms with Gasteiger partial charge in [-0.25, -0.2) is 0 Å². The van der Waals surface area contributed by atoms with Crippen LogP contribution in [0.1, 0.15) is 17.4 Å². The van der Waals surface area contributed by atoms with Crippen molar-refractivity contribution in [2.24, 2.45) is 0 Å². The van der Waals surface area contributed by atoms with Gasteiger partial charge in [0, 0.05) is 10.6 Å². The van der Waals surface area contributed by atoms with Gasteiger partial charge in [-0.05, 0) is 30.7 Å². The number of aryl methyl sites for hydroxylation is 1. The van der Waals surface area contributed by atoms with Gasteiger partial charge in [-0.1, -0.05) is 41.9 Å². The van der Waals surface area contributed by atoms with E-state index in [1.165, 1.54) is 0 Å². The molecule has 1 aliphatic heterocycles. The van der Waals surface area contributed by atoms with E-state index in [0.717, 1.165) is 16.9 Å². The summed E-state index contributed by atoms with van der Waals surface area (Å²) in [6.07, 6.45) is -0.405. The lowest BCUT2D eigenvalue weighted by Gasteiger charge is -2.14. The molecule has 0 amide bonds. The van der Waals surface area contributed by atoms with Crippen molar-refractivity contribution in [3.63, 3.8) is 0 Å². The standard InChI is InChI=1S/C17H17ClO3/c1-12-4-2-3-5-16(12)19-10-15-11-20-17(21-15)13-6-8-14(18)9-7-13/h2-9,15,17H,10-11H2,1H3/t15-,17-/m1/s1. The fourth-order valence-corrected chi connectivity index (χ4v) is 2.36. The van der Waals surface area contributed by atoms with Crippen LogP contribution in [-0.4, -0.2) is 19.3 Å². The molecule has 21 heavy (non-hydrogen) atoms. The molecule has 0 N–H and O–H groups in total. The van der Waals surface area contributed by atoms with Crippen molar-refractivity contribution >= 4 is 11.6 Å². The molecule has 2 aromatic rings. The monoisotopic (exact) mass is 304 g/mol. The lowest BCUT2D eigenvalue weighted by Crippen LogP contribution is -2.20. The molecule has 110 valence electrons. The Bertz CT molecular complexity index is 597. The van der Waals surface area contributed by atoms with E-state index in [4.69, 9.17) is 25.8 Å². The van der Waals surface area contributed by atoms with Crippen molar-refractivity contribution in [2.45, 2.75) is 19.3 Å². The summed E-state index contributed by atoms with van der Waals surface area (Å²) in [4.78, 5) is 0. The molecule has 0 aromatic heterocycles. The molecule has 1 fully saturated rings. The molecule has 3 rings (SSSR count). The number of para-hydroxylation sites is 1. The van der Waals surface area contributed by atoms with Gasteiger partial charge in [0.25, 0.3) is 0 Å². The molecule has 3 nitrogen and oxygen atoms in total. The molecule has 1 heterocycles. The minimum Gasteiger partial charge on any atom is -0.491 e. The Morgan fingerprint density at radius 1 is 1.14 bits per heavy atom. The molecule has 0 unspecified atom stereocenters. The Kier molecular flexibility index (Phi) is 4.44. The molecule has 0 saturated carbocycles. The zero-order valence-corrected chi connectivity index (χ0v) is 12.5. The highest BCUT2D eigenvalue weighted by atomic mass is 35.5. The zero-order valence-electron chi connectivity index (χ0n) is 11.8. The molecular formula is C17H17ClO3. The summed E-state index contributed by atoms with van der Waals surface area (Å²) in [6, 6.07) is 15.4. The van der Waals surface area contributed by atoms with Crippen molar-refractivity contribution in [2.75, 3.05) is 13.2 Å². The Hall–Kier alpha value is -1.55. The fourth-order valence-electron chi connectivity index (χ4n) is 2.23. The zero-order chi connectivity index (χ0) is 14.7. The predicted molar refractivity (Wildman–Crippen MR) is 81.7 cm³/mol. The van der Waals surface area contributed by atoms with Crippen molar-refractivity contribution in [1.82, 2.24) is 0 Å². The Morgan fingerprint density at radius 2 is 1.90 bits per heavy atom. The molecule has 0 spiro atoms. The molecule has 0 aliphatic carbocycles. The van der Waals surface area contributed by atoms with Crippen LogP contribution < -0.4 is 4.74 Å². The van der Waals surface area contributed by atoms with Crippen LogP contribution in [0.15, 0.2) is 48.5 Å². The van der Waals surface area contributed by atoms with Gasteiger partial charge in [0.15, 0.2) is 6.29 Å². The molecule has 2 atom stereocenters. The van der Waals surface area contributed by atoms with Gasteiger partial charge in [0.05, 0.1) is 6.61 Å². The summed E-state index contributed by atoms with van der Waals surface area (Å²) in [5.74, 6) is 0.885. The topological polar surface area (TPSA) is 27.7 Å². The SMILES string of the molecule is Cc1ccccc1OC[C@@H]1CO[C@@H](c2ccc(Cl)cc2)O1. The molecule has 0 radical (unpaired) electrons. The van der Waals surface area contributed by atoms with E-state index in [0.29, 0.717) is 18.2 Å². The van der Waals surface area contributed by atoms with E-state index in [1.54, 1.807) is 0 Å². The maximum atomic E-state index is 5.88. The lowest BCUT2D eigenvalue weighted by molar-refractivity contribution is -0.0659. The second kappa shape index (κ2) is 6.48. The Labute approximate surface area is 129 Å². The van der Waals surface area contributed by atoms with E-state index in [2.05, 4.69) is 0 Å². The van der Waals surface area contributed by atoms with Crippen LogP contribution in [0.2, 0.25) is 5.02 Å². The highest BCUT2D eigenvalue weighted by molar-refractivity contribution is 6.30. The number of benzene rings is 2. The van der Waals surface area contributed by atoms with E-state index in [-0.39, 0.29) is 12.4 Å². The molecule has 1 aliphatic rings. The van der Waals surface area contributed by atoms with E-state index in [1.807, 2.05) is 55.5 Å². The van der Waals surface area contributed by atoms with Gasteiger partial charge < -0.3 is 14.2 Å². The maximum Gasteiger partial charge on any atom is 0.184 e. The number of ether oxygens (including phenoxy) is 3. The maximum absolute atomic E-state index is 5.88. The van der Waals surface area contributed by atoms with Crippen molar-refractivity contribution in [3.05, 3.63) is 64.7 Å². The van der Waals surface area contributed by atoms with Crippen LogP contribution in [0.4, 0.5) is 0 Å². The van der Waals surface area contributed by atoms with E-state index in [9.17, 15) is 0 Å². The summed E-state index contributed by atoms with van der Waals surface area (Å²) in [7, 11) is 0. The summed E-state index contributed by atoms with van der Waals surface area (Å²) in [5.41, 5.74) is 2.09. The number of halogens is 1. The van der Waals surface area contributed by atoms with Crippen LogP contribution in [-0.2, 0) is 9.47 Å². The highest BCUT2D eigenvalue weighted by Gasteiger charge is 2.27. The largest absolute Gasteiger partial charge is 0.491 e. The van der Waals surface area contributed by atoms with Gasteiger partial charge >= 0.3 is 0 Å². The fraction of sp³-hybridized carbons (Fsp3) is 0.294.